The number of rotatable bonds is 6. The molecule has 0 spiro atoms. The summed E-state index contributed by atoms with van der Waals surface area (Å²) in [4.78, 5) is 25.7. The molecule has 29 heavy (non-hydrogen) atoms. The number of fused-ring (bicyclic) bond motifs is 1. The maximum Gasteiger partial charge on any atom is 0.236 e. The zero-order valence-corrected chi connectivity index (χ0v) is 18.0. The van der Waals surface area contributed by atoms with Crippen molar-refractivity contribution in [1.29, 1.82) is 0 Å². The highest BCUT2D eigenvalue weighted by Gasteiger charge is 2.30. The Morgan fingerprint density at radius 1 is 1.28 bits per heavy atom. The number of allylic oxidation sites excluding steroid dienone is 1. The van der Waals surface area contributed by atoms with E-state index in [4.69, 9.17) is 4.98 Å². The van der Waals surface area contributed by atoms with Crippen LogP contribution in [0.4, 0.5) is 0 Å². The van der Waals surface area contributed by atoms with Crippen LogP contribution in [0, 0.1) is 0 Å². The first-order valence-electron chi connectivity index (χ1n) is 10.6. The van der Waals surface area contributed by atoms with Gasteiger partial charge in [-0.2, -0.15) is 5.11 Å². The minimum atomic E-state index is 0.264. The Kier molecular flexibility index (Phi) is 6.52. The van der Waals surface area contributed by atoms with E-state index in [9.17, 15) is 4.79 Å². The number of azo groups is 1. The maximum atomic E-state index is 12.8. The highest BCUT2D eigenvalue weighted by molar-refractivity contribution is 7.12. The molecular formula is C21H30N6OS. The Labute approximate surface area is 176 Å². The monoisotopic (exact) mass is 414 g/mol. The summed E-state index contributed by atoms with van der Waals surface area (Å²) in [7, 11) is 0. The Balaban J connectivity index is 1.31. The minimum Gasteiger partial charge on any atom is -0.339 e. The number of nitrogens with zero attached hydrogens (tertiary/aromatic N) is 6. The number of hydrogen-bond acceptors (Lipinski definition) is 7. The van der Waals surface area contributed by atoms with Gasteiger partial charge >= 0.3 is 0 Å². The lowest BCUT2D eigenvalue weighted by atomic mass is 9.91. The number of carbonyl (C=O) groups is 1. The van der Waals surface area contributed by atoms with E-state index in [1.165, 1.54) is 30.3 Å². The summed E-state index contributed by atoms with van der Waals surface area (Å²) in [6.45, 7) is 11.5. The molecule has 0 unspecified atom stereocenters. The molecule has 8 heteroatoms. The quantitative estimate of drug-likeness (QED) is 0.671. The summed E-state index contributed by atoms with van der Waals surface area (Å²) in [6, 6.07) is 0.779. The second-order valence-corrected chi connectivity index (χ2v) is 9.01. The highest BCUT2D eigenvalue weighted by Crippen LogP contribution is 2.30. The van der Waals surface area contributed by atoms with Crippen LogP contribution < -0.4 is 0 Å². The van der Waals surface area contributed by atoms with Crippen LogP contribution >= 0.6 is 11.3 Å². The van der Waals surface area contributed by atoms with E-state index >= 15 is 0 Å². The first-order valence-corrected chi connectivity index (χ1v) is 11.4. The fourth-order valence-corrected chi connectivity index (χ4v) is 5.36. The predicted molar refractivity (Wildman–Crippen MR) is 116 cm³/mol. The molecule has 4 rings (SSSR count). The van der Waals surface area contributed by atoms with Crippen molar-refractivity contribution in [3.8, 4) is 0 Å². The van der Waals surface area contributed by atoms with Gasteiger partial charge in [0, 0.05) is 62.8 Å². The predicted octanol–water partition coefficient (Wildman–Crippen LogP) is 3.15. The summed E-state index contributed by atoms with van der Waals surface area (Å²) < 4.78 is 0. The smallest absolute Gasteiger partial charge is 0.236 e. The number of thiazole rings is 1. The average Bonchev–Trinajstić information content (AvgIpc) is 3.11. The number of hydrogen-bond donors (Lipinski definition) is 0. The number of piperazine rings is 1. The van der Waals surface area contributed by atoms with E-state index in [1.54, 1.807) is 11.3 Å². The summed E-state index contributed by atoms with van der Waals surface area (Å²) >= 11 is 1.66. The molecule has 0 bridgehead atoms. The molecule has 1 saturated heterocycles. The number of amides is 1. The molecule has 1 aliphatic carbocycles. The third kappa shape index (κ3) is 4.65. The lowest BCUT2D eigenvalue weighted by molar-refractivity contribution is -0.135. The van der Waals surface area contributed by atoms with E-state index in [2.05, 4.69) is 31.5 Å². The van der Waals surface area contributed by atoms with Gasteiger partial charge in [0.2, 0.25) is 5.91 Å². The largest absolute Gasteiger partial charge is 0.339 e. The van der Waals surface area contributed by atoms with Gasteiger partial charge in [-0.15, -0.1) is 16.5 Å². The van der Waals surface area contributed by atoms with Crippen LogP contribution in [0.2, 0.25) is 0 Å². The molecule has 7 nitrogen and oxygen atoms in total. The SMILES string of the molecule is C=CN=N/C(=C\C)c1nc2c(s1)CN(CC(=O)N1CCN(C3CCC3)CC1)CC2. The Bertz CT molecular complexity index is 804. The zero-order chi connectivity index (χ0) is 20.2. The molecule has 1 aromatic heterocycles. The second kappa shape index (κ2) is 9.28. The fraction of sp³-hybridized carbons (Fsp3) is 0.619. The van der Waals surface area contributed by atoms with Crippen molar-refractivity contribution in [2.45, 2.75) is 45.2 Å². The summed E-state index contributed by atoms with van der Waals surface area (Å²) in [6.07, 6.45) is 8.27. The Hall–Kier alpha value is -1.90. The van der Waals surface area contributed by atoms with Gasteiger partial charge in [-0.25, -0.2) is 4.98 Å². The topological polar surface area (TPSA) is 64.4 Å². The normalized spacial score (nSPS) is 22.0. The molecule has 0 radical (unpaired) electrons. The molecule has 0 aromatic carbocycles. The van der Waals surface area contributed by atoms with Gasteiger partial charge in [0.1, 0.15) is 10.7 Å². The second-order valence-electron chi connectivity index (χ2n) is 7.92. The van der Waals surface area contributed by atoms with Crippen LogP contribution in [0.3, 0.4) is 0 Å². The van der Waals surface area contributed by atoms with Gasteiger partial charge in [0.25, 0.3) is 0 Å². The summed E-state index contributed by atoms with van der Waals surface area (Å²) in [5.41, 5.74) is 1.91. The molecule has 1 aromatic rings. The van der Waals surface area contributed by atoms with Crippen LogP contribution in [-0.2, 0) is 17.8 Å². The van der Waals surface area contributed by atoms with Crippen LogP contribution in [0.1, 0.15) is 41.8 Å². The van der Waals surface area contributed by atoms with Gasteiger partial charge in [-0.05, 0) is 19.8 Å². The molecule has 2 aliphatic heterocycles. The molecule has 0 N–H and O–H groups in total. The first kappa shape index (κ1) is 20.4. The molecule has 1 amide bonds. The van der Waals surface area contributed by atoms with Gasteiger partial charge in [-0.3, -0.25) is 14.6 Å². The van der Waals surface area contributed by atoms with Crippen LogP contribution in [0.15, 0.2) is 29.1 Å². The Morgan fingerprint density at radius 3 is 2.72 bits per heavy atom. The zero-order valence-electron chi connectivity index (χ0n) is 17.2. The highest BCUT2D eigenvalue weighted by atomic mass is 32.1. The minimum absolute atomic E-state index is 0.264. The molecule has 3 heterocycles. The van der Waals surface area contributed by atoms with Gasteiger partial charge in [0.15, 0.2) is 0 Å². The van der Waals surface area contributed by atoms with Gasteiger partial charge < -0.3 is 4.90 Å². The van der Waals surface area contributed by atoms with Crippen LogP contribution in [0.25, 0.3) is 5.70 Å². The van der Waals surface area contributed by atoms with Crippen molar-refractivity contribution in [2.24, 2.45) is 10.2 Å². The first-order chi connectivity index (χ1) is 14.2. The van der Waals surface area contributed by atoms with Crippen LogP contribution in [-0.4, -0.2) is 70.9 Å². The third-order valence-electron chi connectivity index (χ3n) is 6.17. The summed E-state index contributed by atoms with van der Waals surface area (Å²) in [5, 5.41) is 8.94. The van der Waals surface area contributed by atoms with E-state index < -0.39 is 0 Å². The van der Waals surface area contributed by atoms with E-state index in [0.29, 0.717) is 6.54 Å². The summed E-state index contributed by atoms with van der Waals surface area (Å²) in [5.74, 6) is 0.264. The molecule has 3 aliphatic rings. The van der Waals surface area contributed by atoms with E-state index in [0.717, 1.165) is 68.1 Å². The van der Waals surface area contributed by atoms with Crippen molar-refractivity contribution < 1.29 is 4.79 Å². The van der Waals surface area contributed by atoms with Gasteiger partial charge in [-0.1, -0.05) is 19.1 Å². The standard InChI is InChI=1S/C21H30N6OS/c1-3-17(24-22-4-2)21-23-18-8-9-25(14-19(18)29-21)15-20(28)27-12-10-26(11-13-27)16-6-5-7-16/h3-4,16H,2,5-15H2,1H3/b17-3-,24-22?. The number of carbonyl (C=O) groups excluding carboxylic acids is 1. The van der Waals surface area contributed by atoms with Crippen molar-refractivity contribution in [1.82, 2.24) is 19.7 Å². The molecule has 0 atom stereocenters. The van der Waals surface area contributed by atoms with Crippen LogP contribution in [0.5, 0.6) is 0 Å². The van der Waals surface area contributed by atoms with Gasteiger partial charge in [0.05, 0.1) is 12.2 Å². The van der Waals surface area contributed by atoms with Crippen molar-refractivity contribution >= 4 is 22.9 Å². The molecule has 156 valence electrons. The van der Waals surface area contributed by atoms with E-state index in [1.807, 2.05) is 13.0 Å². The van der Waals surface area contributed by atoms with E-state index in [-0.39, 0.29) is 5.91 Å². The maximum absolute atomic E-state index is 12.8. The Morgan fingerprint density at radius 2 is 2.07 bits per heavy atom. The fourth-order valence-electron chi connectivity index (χ4n) is 4.20. The third-order valence-corrected chi connectivity index (χ3v) is 7.27. The lowest BCUT2D eigenvalue weighted by Gasteiger charge is -2.43. The van der Waals surface area contributed by atoms with Crippen molar-refractivity contribution in [2.75, 3.05) is 39.3 Å². The lowest BCUT2D eigenvalue weighted by Crippen LogP contribution is -2.55. The van der Waals surface area contributed by atoms with Crippen molar-refractivity contribution in [3.05, 3.63) is 34.4 Å². The number of aromatic nitrogens is 1. The average molecular weight is 415 g/mol. The molecule has 1 saturated carbocycles. The molecule has 2 fully saturated rings. The van der Waals surface area contributed by atoms with Crippen molar-refractivity contribution in [3.63, 3.8) is 0 Å². The molecular weight excluding hydrogens is 384 g/mol.